The highest BCUT2D eigenvalue weighted by Crippen LogP contribution is 2.27. The fourth-order valence-electron chi connectivity index (χ4n) is 2.54. The van der Waals surface area contributed by atoms with E-state index in [4.69, 9.17) is 4.74 Å². The number of nitrogens with one attached hydrogen (secondary N) is 1. The van der Waals surface area contributed by atoms with E-state index in [2.05, 4.69) is 20.5 Å². The summed E-state index contributed by atoms with van der Waals surface area (Å²) in [7, 11) is 1.62. The lowest BCUT2D eigenvalue weighted by Gasteiger charge is -2.11. The van der Waals surface area contributed by atoms with Gasteiger partial charge in [0.05, 0.1) is 18.4 Å². The van der Waals surface area contributed by atoms with E-state index in [1.165, 1.54) is 23.9 Å². The molecule has 8 heteroatoms. The van der Waals surface area contributed by atoms with Gasteiger partial charge in [-0.3, -0.25) is 4.79 Å². The van der Waals surface area contributed by atoms with Crippen LogP contribution < -0.4 is 10.2 Å². The highest BCUT2D eigenvalue weighted by atomic mass is 32.2. The summed E-state index contributed by atoms with van der Waals surface area (Å²) in [6.45, 7) is 1.80. The summed E-state index contributed by atoms with van der Waals surface area (Å²) in [5.41, 5.74) is 5.07. The number of aromatic hydroxyl groups is 1. The number of carbonyl (C=O) groups excluding carboxylic acids is 1. The van der Waals surface area contributed by atoms with E-state index < -0.39 is 5.91 Å². The molecule has 0 aliphatic carbocycles. The molecular formula is C21H20N4O3S. The number of para-hydroxylation sites is 1. The average Bonchev–Trinajstić information content (AvgIpc) is 2.76. The Labute approximate surface area is 172 Å². The van der Waals surface area contributed by atoms with Gasteiger partial charge in [0.15, 0.2) is 5.16 Å². The summed E-state index contributed by atoms with van der Waals surface area (Å²) in [5.74, 6) is 0.805. The number of thioether (sulfide) groups is 1. The fourth-order valence-corrected chi connectivity index (χ4v) is 3.32. The smallest absolute Gasteiger partial charge is 0.275 e. The summed E-state index contributed by atoms with van der Waals surface area (Å²) in [6, 6.07) is 13.8. The summed E-state index contributed by atoms with van der Waals surface area (Å²) in [5, 5.41) is 14.6. The molecular weight excluding hydrogens is 388 g/mol. The number of nitrogens with zero attached hydrogens (tertiary/aromatic N) is 3. The second-order valence-electron chi connectivity index (χ2n) is 6.00. The monoisotopic (exact) mass is 408 g/mol. The second-order valence-corrected chi connectivity index (χ2v) is 6.94. The summed E-state index contributed by atoms with van der Waals surface area (Å²) in [4.78, 5) is 20.6. The standard InChI is InChI=1S/C21H20N4O3S/c1-14(24-25-20(27)17-6-3-4-7-18(17)26)15-8-9-19(28-2)16(12-15)13-29-21-22-10-5-11-23-21/h3-12,26H,13H2,1-2H3,(H,25,27)/b24-14-. The van der Waals surface area contributed by atoms with E-state index >= 15 is 0 Å². The predicted molar refractivity (Wildman–Crippen MR) is 112 cm³/mol. The Morgan fingerprint density at radius 1 is 1.17 bits per heavy atom. The van der Waals surface area contributed by atoms with Gasteiger partial charge in [0.1, 0.15) is 11.5 Å². The number of amides is 1. The molecule has 0 radical (unpaired) electrons. The first-order valence-corrected chi connectivity index (χ1v) is 9.76. The molecule has 0 fully saturated rings. The Kier molecular flexibility index (Phi) is 6.80. The number of hydrogen-bond acceptors (Lipinski definition) is 7. The van der Waals surface area contributed by atoms with Gasteiger partial charge in [0.25, 0.3) is 5.91 Å². The van der Waals surface area contributed by atoms with Crippen molar-refractivity contribution in [1.82, 2.24) is 15.4 Å². The van der Waals surface area contributed by atoms with Gasteiger partial charge < -0.3 is 9.84 Å². The number of methoxy groups -OCH3 is 1. The van der Waals surface area contributed by atoms with Crippen molar-refractivity contribution < 1.29 is 14.6 Å². The molecule has 1 aromatic heterocycles. The molecule has 3 aromatic rings. The Hall–Kier alpha value is -3.39. The maximum absolute atomic E-state index is 12.2. The Morgan fingerprint density at radius 2 is 1.93 bits per heavy atom. The Bertz CT molecular complexity index is 1030. The van der Waals surface area contributed by atoms with Crippen LogP contribution in [0.1, 0.15) is 28.4 Å². The van der Waals surface area contributed by atoms with E-state index in [0.717, 1.165) is 16.9 Å². The van der Waals surface area contributed by atoms with Crippen LogP contribution in [0.2, 0.25) is 0 Å². The number of benzene rings is 2. The predicted octanol–water partition coefficient (Wildman–Crippen LogP) is 3.64. The number of carbonyl (C=O) groups is 1. The van der Waals surface area contributed by atoms with Crippen molar-refractivity contribution >= 4 is 23.4 Å². The van der Waals surface area contributed by atoms with E-state index in [1.807, 2.05) is 18.2 Å². The van der Waals surface area contributed by atoms with Crippen LogP contribution >= 0.6 is 11.8 Å². The molecule has 0 bridgehead atoms. The topological polar surface area (TPSA) is 96.7 Å². The third kappa shape index (κ3) is 5.32. The quantitative estimate of drug-likeness (QED) is 0.268. The molecule has 7 nitrogen and oxygen atoms in total. The van der Waals surface area contributed by atoms with Gasteiger partial charge in [-0.25, -0.2) is 15.4 Å². The average molecular weight is 408 g/mol. The Morgan fingerprint density at radius 3 is 2.66 bits per heavy atom. The van der Waals surface area contributed by atoms with Crippen molar-refractivity contribution in [2.75, 3.05) is 7.11 Å². The minimum atomic E-state index is -0.479. The van der Waals surface area contributed by atoms with Crippen LogP contribution in [0.4, 0.5) is 0 Å². The van der Waals surface area contributed by atoms with E-state index in [1.54, 1.807) is 44.6 Å². The zero-order chi connectivity index (χ0) is 20.6. The van der Waals surface area contributed by atoms with Gasteiger partial charge in [-0.15, -0.1) is 0 Å². The maximum atomic E-state index is 12.2. The number of hydrazone groups is 1. The number of rotatable bonds is 7. The lowest BCUT2D eigenvalue weighted by Crippen LogP contribution is -2.19. The number of phenolic OH excluding ortho intramolecular Hbond substituents is 1. The number of aromatic nitrogens is 2. The minimum absolute atomic E-state index is 0.0928. The largest absolute Gasteiger partial charge is 0.507 e. The Balaban J connectivity index is 1.74. The van der Waals surface area contributed by atoms with Crippen molar-refractivity contribution in [3.63, 3.8) is 0 Å². The molecule has 0 spiro atoms. The zero-order valence-electron chi connectivity index (χ0n) is 16.0. The summed E-state index contributed by atoms with van der Waals surface area (Å²) in [6.07, 6.45) is 3.40. The van der Waals surface area contributed by atoms with Crippen LogP contribution in [0.3, 0.4) is 0 Å². The molecule has 0 saturated carbocycles. The van der Waals surface area contributed by atoms with Crippen molar-refractivity contribution in [3.8, 4) is 11.5 Å². The molecule has 29 heavy (non-hydrogen) atoms. The number of phenols is 1. The molecule has 2 aromatic carbocycles. The molecule has 1 amide bonds. The molecule has 0 aliphatic rings. The lowest BCUT2D eigenvalue weighted by atomic mass is 10.1. The molecule has 0 aliphatic heterocycles. The molecule has 3 rings (SSSR count). The van der Waals surface area contributed by atoms with Crippen LogP contribution in [0, 0.1) is 0 Å². The van der Waals surface area contributed by atoms with Crippen molar-refractivity contribution in [2.24, 2.45) is 5.10 Å². The molecule has 2 N–H and O–H groups in total. The fraction of sp³-hybridized carbons (Fsp3) is 0.143. The van der Waals surface area contributed by atoms with Crippen molar-refractivity contribution in [3.05, 3.63) is 77.6 Å². The van der Waals surface area contributed by atoms with E-state index in [-0.39, 0.29) is 11.3 Å². The number of hydrogen-bond donors (Lipinski definition) is 2. The van der Waals surface area contributed by atoms with Crippen molar-refractivity contribution in [2.45, 2.75) is 17.8 Å². The van der Waals surface area contributed by atoms with Gasteiger partial charge in [-0.2, -0.15) is 5.10 Å². The van der Waals surface area contributed by atoms with Gasteiger partial charge >= 0.3 is 0 Å². The van der Waals surface area contributed by atoms with Crippen LogP contribution in [0.25, 0.3) is 0 Å². The zero-order valence-corrected chi connectivity index (χ0v) is 16.8. The summed E-state index contributed by atoms with van der Waals surface area (Å²) >= 11 is 1.50. The van der Waals surface area contributed by atoms with E-state index in [0.29, 0.717) is 16.6 Å². The van der Waals surface area contributed by atoms with Crippen LogP contribution in [0.15, 0.2) is 71.2 Å². The second kappa shape index (κ2) is 9.70. The molecule has 0 atom stereocenters. The first kappa shape index (κ1) is 20.3. The third-order valence-electron chi connectivity index (χ3n) is 4.07. The minimum Gasteiger partial charge on any atom is -0.507 e. The number of ether oxygens (including phenoxy) is 1. The normalized spacial score (nSPS) is 11.2. The van der Waals surface area contributed by atoms with Gasteiger partial charge in [0.2, 0.25) is 0 Å². The van der Waals surface area contributed by atoms with Gasteiger partial charge in [-0.1, -0.05) is 23.9 Å². The first-order chi connectivity index (χ1) is 14.1. The molecule has 0 saturated heterocycles. The maximum Gasteiger partial charge on any atom is 0.275 e. The molecule has 0 unspecified atom stereocenters. The van der Waals surface area contributed by atoms with Crippen LogP contribution in [0.5, 0.6) is 11.5 Å². The first-order valence-electron chi connectivity index (χ1n) is 8.78. The SMILES string of the molecule is COc1ccc(/C(C)=N\NC(=O)c2ccccc2O)cc1CSc1ncccn1. The molecule has 148 valence electrons. The third-order valence-corrected chi connectivity index (χ3v) is 5.00. The van der Waals surface area contributed by atoms with E-state index in [9.17, 15) is 9.90 Å². The van der Waals surface area contributed by atoms with Crippen LogP contribution in [-0.2, 0) is 5.75 Å². The lowest BCUT2D eigenvalue weighted by molar-refractivity contribution is 0.0952. The van der Waals surface area contributed by atoms with Crippen molar-refractivity contribution in [1.29, 1.82) is 0 Å². The summed E-state index contributed by atoms with van der Waals surface area (Å²) < 4.78 is 5.45. The molecule has 1 heterocycles. The van der Waals surface area contributed by atoms with Crippen LogP contribution in [-0.4, -0.2) is 33.8 Å². The highest BCUT2D eigenvalue weighted by Gasteiger charge is 2.11. The van der Waals surface area contributed by atoms with Gasteiger partial charge in [0, 0.05) is 23.7 Å². The van der Waals surface area contributed by atoms with Gasteiger partial charge in [-0.05, 0) is 48.9 Å². The highest BCUT2D eigenvalue weighted by molar-refractivity contribution is 7.98.